The van der Waals surface area contributed by atoms with E-state index in [4.69, 9.17) is 15.2 Å². The SMILES string of the molecule is NCC1(CC2CCCO2)CCCCO1. The Labute approximate surface area is 85.9 Å². The molecule has 2 aliphatic rings. The molecule has 2 unspecified atom stereocenters. The molecule has 2 fully saturated rings. The molecular formula is C11H21NO2. The van der Waals surface area contributed by atoms with Crippen LogP contribution in [0.2, 0.25) is 0 Å². The van der Waals surface area contributed by atoms with Gasteiger partial charge in [0.25, 0.3) is 0 Å². The largest absolute Gasteiger partial charge is 0.378 e. The van der Waals surface area contributed by atoms with Gasteiger partial charge in [0.2, 0.25) is 0 Å². The van der Waals surface area contributed by atoms with Gasteiger partial charge in [-0.05, 0) is 32.1 Å². The fourth-order valence-electron chi connectivity index (χ4n) is 2.54. The molecule has 0 saturated carbocycles. The second-order valence-corrected chi connectivity index (χ2v) is 4.53. The van der Waals surface area contributed by atoms with Crippen molar-refractivity contribution in [2.75, 3.05) is 19.8 Å². The lowest BCUT2D eigenvalue weighted by Crippen LogP contribution is -2.45. The molecule has 82 valence electrons. The first-order chi connectivity index (χ1) is 6.85. The first-order valence-corrected chi connectivity index (χ1v) is 5.80. The van der Waals surface area contributed by atoms with E-state index in [1.54, 1.807) is 0 Å². The van der Waals surface area contributed by atoms with Crippen LogP contribution in [0.25, 0.3) is 0 Å². The minimum atomic E-state index is -0.0622. The van der Waals surface area contributed by atoms with Crippen LogP contribution in [0.4, 0.5) is 0 Å². The van der Waals surface area contributed by atoms with Crippen LogP contribution in [-0.4, -0.2) is 31.5 Å². The molecule has 3 nitrogen and oxygen atoms in total. The highest BCUT2D eigenvalue weighted by Gasteiger charge is 2.35. The Morgan fingerprint density at radius 3 is 2.71 bits per heavy atom. The maximum Gasteiger partial charge on any atom is 0.0828 e. The average molecular weight is 199 g/mol. The molecule has 2 atom stereocenters. The molecule has 2 heterocycles. The van der Waals surface area contributed by atoms with Gasteiger partial charge in [-0.2, -0.15) is 0 Å². The predicted octanol–water partition coefficient (Wildman–Crippen LogP) is 1.45. The molecule has 14 heavy (non-hydrogen) atoms. The molecule has 0 aliphatic carbocycles. The molecule has 2 N–H and O–H groups in total. The zero-order chi connectivity index (χ0) is 9.86. The van der Waals surface area contributed by atoms with Crippen molar-refractivity contribution in [2.24, 2.45) is 5.73 Å². The van der Waals surface area contributed by atoms with Gasteiger partial charge in [-0.1, -0.05) is 0 Å². The molecule has 0 aromatic rings. The number of hydrogen-bond donors (Lipinski definition) is 1. The van der Waals surface area contributed by atoms with Crippen LogP contribution in [0, 0.1) is 0 Å². The number of ether oxygens (including phenoxy) is 2. The summed E-state index contributed by atoms with van der Waals surface area (Å²) in [5, 5.41) is 0. The smallest absolute Gasteiger partial charge is 0.0828 e. The number of hydrogen-bond acceptors (Lipinski definition) is 3. The Bertz CT molecular complexity index is 172. The highest BCUT2D eigenvalue weighted by molar-refractivity contribution is 4.88. The van der Waals surface area contributed by atoms with Crippen LogP contribution in [0.1, 0.15) is 38.5 Å². The summed E-state index contributed by atoms with van der Waals surface area (Å²) in [6, 6.07) is 0. The summed E-state index contributed by atoms with van der Waals surface area (Å²) in [6.07, 6.45) is 7.34. The maximum atomic E-state index is 5.87. The Kier molecular flexibility index (Phi) is 3.42. The Morgan fingerprint density at radius 2 is 2.14 bits per heavy atom. The van der Waals surface area contributed by atoms with Crippen LogP contribution in [-0.2, 0) is 9.47 Å². The molecule has 0 aromatic carbocycles. The van der Waals surface area contributed by atoms with Gasteiger partial charge in [0.15, 0.2) is 0 Å². The summed E-state index contributed by atoms with van der Waals surface area (Å²) in [7, 11) is 0. The van der Waals surface area contributed by atoms with E-state index in [0.29, 0.717) is 12.6 Å². The van der Waals surface area contributed by atoms with Crippen molar-refractivity contribution >= 4 is 0 Å². The quantitative estimate of drug-likeness (QED) is 0.748. The number of nitrogens with two attached hydrogens (primary N) is 1. The highest BCUT2D eigenvalue weighted by atomic mass is 16.5. The molecule has 2 rings (SSSR count). The van der Waals surface area contributed by atoms with Crippen LogP contribution < -0.4 is 5.73 Å². The second kappa shape index (κ2) is 4.60. The second-order valence-electron chi connectivity index (χ2n) is 4.53. The van der Waals surface area contributed by atoms with Crippen LogP contribution in [0.3, 0.4) is 0 Å². The van der Waals surface area contributed by atoms with Crippen LogP contribution in [0.5, 0.6) is 0 Å². The fourth-order valence-corrected chi connectivity index (χ4v) is 2.54. The topological polar surface area (TPSA) is 44.5 Å². The van der Waals surface area contributed by atoms with Gasteiger partial charge in [0.1, 0.15) is 0 Å². The third-order valence-corrected chi connectivity index (χ3v) is 3.43. The van der Waals surface area contributed by atoms with Gasteiger partial charge in [-0.25, -0.2) is 0 Å². The van der Waals surface area contributed by atoms with E-state index in [9.17, 15) is 0 Å². The van der Waals surface area contributed by atoms with Gasteiger partial charge < -0.3 is 15.2 Å². The molecule has 0 bridgehead atoms. The van der Waals surface area contributed by atoms with Crippen molar-refractivity contribution in [3.05, 3.63) is 0 Å². The van der Waals surface area contributed by atoms with Crippen LogP contribution in [0.15, 0.2) is 0 Å². The Balaban J connectivity index is 1.89. The third kappa shape index (κ3) is 2.27. The summed E-state index contributed by atoms with van der Waals surface area (Å²) in [5.41, 5.74) is 5.77. The van der Waals surface area contributed by atoms with Crippen molar-refractivity contribution in [1.29, 1.82) is 0 Å². The molecule has 2 saturated heterocycles. The van der Waals surface area contributed by atoms with E-state index in [1.165, 1.54) is 25.7 Å². The predicted molar refractivity (Wildman–Crippen MR) is 55.2 cm³/mol. The zero-order valence-electron chi connectivity index (χ0n) is 8.84. The van der Waals surface area contributed by atoms with E-state index in [2.05, 4.69) is 0 Å². The summed E-state index contributed by atoms with van der Waals surface area (Å²) in [4.78, 5) is 0. The summed E-state index contributed by atoms with van der Waals surface area (Å²) < 4.78 is 11.5. The lowest BCUT2D eigenvalue weighted by Gasteiger charge is -2.37. The van der Waals surface area contributed by atoms with E-state index in [-0.39, 0.29) is 5.60 Å². The minimum absolute atomic E-state index is 0.0622. The highest BCUT2D eigenvalue weighted by Crippen LogP contribution is 2.32. The summed E-state index contributed by atoms with van der Waals surface area (Å²) in [5.74, 6) is 0. The van der Waals surface area contributed by atoms with Gasteiger partial charge in [0, 0.05) is 26.2 Å². The molecule has 0 aromatic heterocycles. The standard InChI is InChI=1S/C11H21NO2/c12-9-11(5-1-2-7-14-11)8-10-4-3-6-13-10/h10H,1-9,12H2. The molecule has 0 radical (unpaired) electrons. The normalized spacial score (nSPS) is 38.8. The van der Waals surface area contributed by atoms with Gasteiger partial charge in [-0.3, -0.25) is 0 Å². The van der Waals surface area contributed by atoms with Crippen molar-refractivity contribution < 1.29 is 9.47 Å². The van der Waals surface area contributed by atoms with Crippen molar-refractivity contribution in [2.45, 2.75) is 50.2 Å². The van der Waals surface area contributed by atoms with E-state index >= 15 is 0 Å². The first kappa shape index (κ1) is 10.4. The summed E-state index contributed by atoms with van der Waals surface area (Å²) in [6.45, 7) is 2.45. The lowest BCUT2D eigenvalue weighted by atomic mass is 9.87. The molecule has 2 aliphatic heterocycles. The molecule has 3 heteroatoms. The lowest BCUT2D eigenvalue weighted by molar-refractivity contribution is -0.0981. The van der Waals surface area contributed by atoms with E-state index in [1.807, 2.05) is 0 Å². The average Bonchev–Trinajstić information content (AvgIpc) is 2.72. The fraction of sp³-hybridized carbons (Fsp3) is 1.00. The van der Waals surface area contributed by atoms with E-state index < -0.39 is 0 Å². The van der Waals surface area contributed by atoms with Crippen molar-refractivity contribution in [1.82, 2.24) is 0 Å². The Hall–Kier alpha value is -0.120. The van der Waals surface area contributed by atoms with Crippen molar-refractivity contribution in [3.8, 4) is 0 Å². The van der Waals surface area contributed by atoms with E-state index in [0.717, 1.165) is 26.1 Å². The molecule has 0 amide bonds. The van der Waals surface area contributed by atoms with Crippen LogP contribution >= 0.6 is 0 Å². The molecule has 0 spiro atoms. The van der Waals surface area contributed by atoms with Gasteiger partial charge in [-0.15, -0.1) is 0 Å². The van der Waals surface area contributed by atoms with Gasteiger partial charge in [0.05, 0.1) is 11.7 Å². The van der Waals surface area contributed by atoms with Gasteiger partial charge >= 0.3 is 0 Å². The number of rotatable bonds is 3. The minimum Gasteiger partial charge on any atom is -0.378 e. The maximum absolute atomic E-state index is 5.87. The monoisotopic (exact) mass is 199 g/mol. The van der Waals surface area contributed by atoms with Crippen molar-refractivity contribution in [3.63, 3.8) is 0 Å². The Morgan fingerprint density at radius 1 is 1.21 bits per heavy atom. The molecular weight excluding hydrogens is 178 g/mol. The zero-order valence-corrected chi connectivity index (χ0v) is 8.84. The summed E-state index contributed by atoms with van der Waals surface area (Å²) >= 11 is 0. The third-order valence-electron chi connectivity index (χ3n) is 3.43. The first-order valence-electron chi connectivity index (χ1n) is 5.80.